The van der Waals surface area contributed by atoms with Crippen LogP contribution in [0.25, 0.3) is 0 Å². The fourth-order valence-corrected chi connectivity index (χ4v) is 1.77. The number of methoxy groups -OCH3 is 1. The van der Waals surface area contributed by atoms with E-state index in [1.165, 1.54) is 0 Å². The van der Waals surface area contributed by atoms with Crippen molar-refractivity contribution in [3.63, 3.8) is 0 Å². The highest BCUT2D eigenvalue weighted by molar-refractivity contribution is 5.84. The summed E-state index contributed by atoms with van der Waals surface area (Å²) in [6.45, 7) is 6.95. The van der Waals surface area contributed by atoms with Gasteiger partial charge in [-0.3, -0.25) is 4.79 Å². The summed E-state index contributed by atoms with van der Waals surface area (Å²) in [7, 11) is 1.61. The van der Waals surface area contributed by atoms with Gasteiger partial charge in [0.05, 0.1) is 30.8 Å². The lowest BCUT2D eigenvalue weighted by molar-refractivity contribution is -0.133. The molecular formula is C11H22N2O3. The van der Waals surface area contributed by atoms with Gasteiger partial charge < -0.3 is 20.5 Å². The van der Waals surface area contributed by atoms with Crippen molar-refractivity contribution in [2.24, 2.45) is 11.1 Å². The van der Waals surface area contributed by atoms with Crippen LogP contribution in [0.3, 0.4) is 0 Å². The van der Waals surface area contributed by atoms with Crippen LogP contribution in [0.5, 0.6) is 0 Å². The summed E-state index contributed by atoms with van der Waals surface area (Å²) in [5.41, 5.74) is 4.86. The Morgan fingerprint density at radius 3 is 2.75 bits per heavy atom. The van der Waals surface area contributed by atoms with E-state index >= 15 is 0 Å². The highest BCUT2D eigenvalue weighted by Crippen LogP contribution is 2.27. The zero-order valence-corrected chi connectivity index (χ0v) is 10.5. The van der Waals surface area contributed by atoms with Crippen molar-refractivity contribution in [3.8, 4) is 0 Å². The zero-order chi connectivity index (χ0) is 12.4. The minimum Gasteiger partial charge on any atom is -0.382 e. The highest BCUT2D eigenvalue weighted by Gasteiger charge is 2.45. The van der Waals surface area contributed by atoms with Crippen LogP contribution in [0.15, 0.2) is 0 Å². The summed E-state index contributed by atoms with van der Waals surface area (Å²) >= 11 is 0. The number of nitrogens with one attached hydrogen (secondary N) is 1. The van der Waals surface area contributed by atoms with E-state index in [9.17, 15) is 4.79 Å². The van der Waals surface area contributed by atoms with Gasteiger partial charge in [0.15, 0.2) is 0 Å². The number of carbonyl (C=O) groups is 1. The van der Waals surface area contributed by atoms with E-state index in [1.807, 2.05) is 20.8 Å². The van der Waals surface area contributed by atoms with E-state index in [0.717, 1.165) is 0 Å². The monoisotopic (exact) mass is 230 g/mol. The Kier molecular flexibility index (Phi) is 3.93. The lowest BCUT2D eigenvalue weighted by Gasteiger charge is -2.32. The van der Waals surface area contributed by atoms with Gasteiger partial charge in [0.25, 0.3) is 0 Å². The van der Waals surface area contributed by atoms with Crippen molar-refractivity contribution in [3.05, 3.63) is 0 Å². The second-order valence-corrected chi connectivity index (χ2v) is 5.31. The maximum absolute atomic E-state index is 12.1. The Labute approximate surface area is 96.7 Å². The molecule has 0 spiro atoms. The summed E-state index contributed by atoms with van der Waals surface area (Å²) in [6, 6.07) is -0.245. The third kappa shape index (κ3) is 2.72. The van der Waals surface area contributed by atoms with E-state index in [0.29, 0.717) is 19.8 Å². The molecule has 16 heavy (non-hydrogen) atoms. The molecule has 2 unspecified atom stereocenters. The van der Waals surface area contributed by atoms with Gasteiger partial charge in [-0.1, -0.05) is 0 Å². The molecule has 1 amide bonds. The molecule has 2 atom stereocenters. The van der Waals surface area contributed by atoms with E-state index in [-0.39, 0.29) is 11.9 Å². The second-order valence-electron chi connectivity index (χ2n) is 5.31. The minimum absolute atomic E-state index is 0.0699. The molecule has 94 valence electrons. The normalized spacial score (nSPS) is 30.4. The quantitative estimate of drug-likeness (QED) is 0.707. The first-order chi connectivity index (χ1) is 7.32. The standard InChI is InChI=1S/C11H22N2O3/c1-10(2,6-15-4)13-9(14)11(3)7-16-5-8(11)12/h8H,5-7,12H2,1-4H3,(H,13,14). The van der Waals surface area contributed by atoms with Crippen molar-refractivity contribution < 1.29 is 14.3 Å². The van der Waals surface area contributed by atoms with E-state index in [2.05, 4.69) is 5.32 Å². The SMILES string of the molecule is COCC(C)(C)NC(=O)C1(C)COCC1N. The van der Waals surface area contributed by atoms with Crippen LogP contribution < -0.4 is 11.1 Å². The molecule has 5 heteroatoms. The predicted molar refractivity (Wildman–Crippen MR) is 61.0 cm³/mol. The van der Waals surface area contributed by atoms with Gasteiger partial charge in [-0.25, -0.2) is 0 Å². The van der Waals surface area contributed by atoms with Crippen LogP contribution in [-0.4, -0.2) is 44.4 Å². The van der Waals surface area contributed by atoms with Crippen molar-refractivity contribution in [2.45, 2.75) is 32.4 Å². The number of amides is 1. The molecule has 0 aromatic heterocycles. The first-order valence-electron chi connectivity index (χ1n) is 5.47. The highest BCUT2D eigenvalue weighted by atomic mass is 16.5. The minimum atomic E-state index is -0.634. The summed E-state index contributed by atoms with van der Waals surface area (Å²) in [6.07, 6.45) is 0. The summed E-state index contributed by atoms with van der Waals surface area (Å²) in [4.78, 5) is 12.1. The number of carbonyl (C=O) groups excluding carboxylic acids is 1. The van der Waals surface area contributed by atoms with E-state index in [4.69, 9.17) is 15.2 Å². The molecule has 1 heterocycles. The molecule has 0 bridgehead atoms. The maximum Gasteiger partial charge on any atom is 0.230 e. The first-order valence-corrected chi connectivity index (χ1v) is 5.47. The molecule has 1 aliphatic rings. The van der Waals surface area contributed by atoms with Crippen LogP contribution in [0.4, 0.5) is 0 Å². The van der Waals surface area contributed by atoms with Crippen molar-refractivity contribution in [1.29, 1.82) is 0 Å². The Balaban J connectivity index is 2.64. The number of hydrogen-bond donors (Lipinski definition) is 2. The number of hydrogen-bond acceptors (Lipinski definition) is 4. The molecule has 0 aliphatic carbocycles. The van der Waals surface area contributed by atoms with Gasteiger partial charge in [0.2, 0.25) is 5.91 Å². The average molecular weight is 230 g/mol. The predicted octanol–water partition coefficient (Wildman–Crippen LogP) is -0.109. The van der Waals surface area contributed by atoms with Crippen molar-refractivity contribution >= 4 is 5.91 Å². The van der Waals surface area contributed by atoms with Crippen LogP contribution in [0, 0.1) is 5.41 Å². The lowest BCUT2D eigenvalue weighted by Crippen LogP contribution is -2.56. The molecule has 1 aliphatic heterocycles. The van der Waals surface area contributed by atoms with Crippen LogP contribution >= 0.6 is 0 Å². The van der Waals surface area contributed by atoms with Gasteiger partial charge in [-0.15, -0.1) is 0 Å². The number of rotatable bonds is 4. The molecular weight excluding hydrogens is 208 g/mol. The molecule has 1 saturated heterocycles. The smallest absolute Gasteiger partial charge is 0.230 e. The fraction of sp³-hybridized carbons (Fsp3) is 0.909. The average Bonchev–Trinajstić information content (AvgIpc) is 2.47. The molecule has 5 nitrogen and oxygen atoms in total. The van der Waals surface area contributed by atoms with Crippen molar-refractivity contribution in [2.75, 3.05) is 26.9 Å². The van der Waals surface area contributed by atoms with Crippen LogP contribution in [0.2, 0.25) is 0 Å². The second kappa shape index (κ2) is 4.69. The molecule has 0 saturated carbocycles. The molecule has 3 N–H and O–H groups in total. The Morgan fingerprint density at radius 1 is 1.69 bits per heavy atom. The molecule has 0 radical (unpaired) electrons. The van der Waals surface area contributed by atoms with Gasteiger partial charge in [0, 0.05) is 13.2 Å². The van der Waals surface area contributed by atoms with Crippen molar-refractivity contribution in [1.82, 2.24) is 5.32 Å². The number of nitrogens with two attached hydrogens (primary N) is 1. The molecule has 1 fully saturated rings. The molecule has 0 aromatic rings. The largest absolute Gasteiger partial charge is 0.382 e. The van der Waals surface area contributed by atoms with E-state index < -0.39 is 11.0 Å². The van der Waals surface area contributed by atoms with Crippen LogP contribution in [-0.2, 0) is 14.3 Å². The number of ether oxygens (including phenoxy) is 2. The summed E-state index contributed by atoms with van der Waals surface area (Å²) in [5.74, 6) is -0.0699. The summed E-state index contributed by atoms with van der Waals surface area (Å²) in [5, 5.41) is 2.95. The third-order valence-corrected chi connectivity index (χ3v) is 2.99. The third-order valence-electron chi connectivity index (χ3n) is 2.99. The fourth-order valence-electron chi connectivity index (χ4n) is 1.77. The van der Waals surface area contributed by atoms with Crippen LogP contribution in [0.1, 0.15) is 20.8 Å². The Bertz CT molecular complexity index is 268. The molecule has 1 rings (SSSR count). The molecule has 0 aromatic carbocycles. The van der Waals surface area contributed by atoms with Gasteiger partial charge in [-0.2, -0.15) is 0 Å². The first kappa shape index (κ1) is 13.4. The van der Waals surface area contributed by atoms with Gasteiger partial charge in [-0.05, 0) is 20.8 Å². The van der Waals surface area contributed by atoms with Gasteiger partial charge >= 0.3 is 0 Å². The van der Waals surface area contributed by atoms with E-state index in [1.54, 1.807) is 7.11 Å². The zero-order valence-electron chi connectivity index (χ0n) is 10.5. The maximum atomic E-state index is 12.1. The lowest BCUT2D eigenvalue weighted by atomic mass is 9.84. The topological polar surface area (TPSA) is 73.6 Å². The summed E-state index contributed by atoms with van der Waals surface area (Å²) < 4.78 is 10.3. The van der Waals surface area contributed by atoms with Gasteiger partial charge in [0.1, 0.15) is 0 Å². The Morgan fingerprint density at radius 2 is 2.31 bits per heavy atom. The Hall–Kier alpha value is -0.650.